The molecule has 0 radical (unpaired) electrons. The summed E-state index contributed by atoms with van der Waals surface area (Å²) in [6.45, 7) is -0.0504. The average molecular weight is 569 g/mol. The maximum absolute atomic E-state index is 13.7. The molecule has 1 amide bonds. The van der Waals surface area contributed by atoms with Crippen molar-refractivity contribution in [2.24, 2.45) is 0 Å². The number of fused-ring (bicyclic) bond motifs is 2. The van der Waals surface area contributed by atoms with Crippen molar-refractivity contribution in [3.8, 4) is 5.69 Å². The van der Waals surface area contributed by atoms with Gasteiger partial charge in [0.1, 0.15) is 5.69 Å². The van der Waals surface area contributed by atoms with Crippen LogP contribution in [0.2, 0.25) is 0 Å². The van der Waals surface area contributed by atoms with Gasteiger partial charge < -0.3 is 9.55 Å². The van der Waals surface area contributed by atoms with E-state index < -0.39 is 50.3 Å². The topological polar surface area (TPSA) is 123 Å². The van der Waals surface area contributed by atoms with Crippen molar-refractivity contribution in [2.75, 3.05) is 6.26 Å². The van der Waals surface area contributed by atoms with Crippen molar-refractivity contribution in [1.82, 2.24) is 18.8 Å². The zero-order valence-corrected chi connectivity index (χ0v) is 21.1. The molecule has 37 heavy (non-hydrogen) atoms. The summed E-state index contributed by atoms with van der Waals surface area (Å²) in [7, 11) is -4.13. The van der Waals surface area contributed by atoms with Crippen LogP contribution in [0.3, 0.4) is 0 Å². The molecular formula is C22H15F3N4O5S3. The monoisotopic (exact) mass is 568 g/mol. The third-order valence-electron chi connectivity index (χ3n) is 5.54. The van der Waals surface area contributed by atoms with E-state index in [1.165, 1.54) is 26.7 Å². The van der Waals surface area contributed by atoms with Crippen molar-refractivity contribution in [2.45, 2.75) is 12.7 Å². The Bertz CT molecular complexity index is 1910. The Labute approximate surface area is 213 Å². The molecule has 192 valence electrons. The highest BCUT2D eigenvalue weighted by Gasteiger charge is 2.34. The Morgan fingerprint density at radius 2 is 1.84 bits per heavy atom. The molecular weight excluding hydrogens is 553 g/mol. The van der Waals surface area contributed by atoms with E-state index in [0.29, 0.717) is 10.1 Å². The van der Waals surface area contributed by atoms with E-state index in [9.17, 15) is 36.0 Å². The first-order valence-corrected chi connectivity index (χ1v) is 14.1. The van der Waals surface area contributed by atoms with E-state index in [0.717, 1.165) is 35.8 Å². The fraction of sp³-hybridized carbons (Fsp3) is 0.136. The fourth-order valence-corrected chi connectivity index (χ4v) is 5.91. The number of thiophene rings is 2. The molecule has 0 fully saturated rings. The Morgan fingerprint density at radius 1 is 1.08 bits per heavy atom. The zero-order valence-electron chi connectivity index (χ0n) is 18.6. The molecule has 0 unspecified atom stereocenters. The number of aromatic amines is 1. The van der Waals surface area contributed by atoms with Gasteiger partial charge in [0.25, 0.3) is 11.5 Å². The van der Waals surface area contributed by atoms with Crippen LogP contribution in [0.4, 0.5) is 13.2 Å². The van der Waals surface area contributed by atoms with Gasteiger partial charge in [-0.25, -0.2) is 22.5 Å². The molecule has 0 aliphatic heterocycles. The lowest BCUT2D eigenvalue weighted by atomic mass is 10.1. The number of halogens is 3. The molecule has 0 saturated carbocycles. The van der Waals surface area contributed by atoms with Gasteiger partial charge in [-0.2, -0.15) is 24.5 Å². The highest BCUT2D eigenvalue weighted by Crippen LogP contribution is 2.36. The number of alkyl halides is 3. The summed E-state index contributed by atoms with van der Waals surface area (Å²) < 4.78 is 68.6. The van der Waals surface area contributed by atoms with Crippen LogP contribution in [0.15, 0.2) is 55.4 Å². The number of H-pyrrole nitrogens is 1. The van der Waals surface area contributed by atoms with Gasteiger partial charge in [-0.1, -0.05) is 0 Å². The second kappa shape index (κ2) is 8.71. The SMILES string of the molecule is CS(=O)(=O)NC(=O)c1c(-n2c(=O)[nH]c3cscc3c2=O)c2cc(C(F)(F)F)ccc2n1Cc1ccsc1. The molecule has 0 aliphatic rings. The Hall–Kier alpha value is -3.69. The second-order valence-electron chi connectivity index (χ2n) is 8.12. The van der Waals surface area contributed by atoms with Gasteiger partial charge in [0.2, 0.25) is 10.0 Å². The minimum Gasteiger partial charge on any atom is -0.330 e. The number of carbonyl (C=O) groups excluding carboxylic acids is 1. The van der Waals surface area contributed by atoms with Crippen molar-refractivity contribution >= 4 is 60.4 Å². The van der Waals surface area contributed by atoms with E-state index in [1.54, 1.807) is 16.8 Å². The number of aromatic nitrogens is 3. The maximum atomic E-state index is 13.7. The van der Waals surface area contributed by atoms with Gasteiger partial charge in [-0.15, -0.1) is 11.3 Å². The van der Waals surface area contributed by atoms with E-state index in [4.69, 9.17) is 0 Å². The van der Waals surface area contributed by atoms with Crippen LogP contribution >= 0.6 is 22.7 Å². The lowest BCUT2D eigenvalue weighted by Gasteiger charge is -2.12. The predicted molar refractivity (Wildman–Crippen MR) is 134 cm³/mol. The summed E-state index contributed by atoms with van der Waals surface area (Å²) in [4.78, 5) is 42.3. The number of benzene rings is 1. The molecule has 0 bridgehead atoms. The van der Waals surface area contributed by atoms with Gasteiger partial charge in [0.15, 0.2) is 0 Å². The first-order chi connectivity index (χ1) is 17.3. The molecule has 4 aromatic heterocycles. The molecule has 1 aromatic carbocycles. The molecule has 4 heterocycles. The normalized spacial score (nSPS) is 12.4. The third kappa shape index (κ3) is 4.49. The van der Waals surface area contributed by atoms with Crippen molar-refractivity contribution in [3.63, 3.8) is 0 Å². The second-order valence-corrected chi connectivity index (χ2v) is 11.4. The molecule has 0 saturated heterocycles. The largest absolute Gasteiger partial charge is 0.416 e. The quantitative estimate of drug-likeness (QED) is 0.336. The van der Waals surface area contributed by atoms with Crippen LogP contribution < -0.4 is 16.0 Å². The van der Waals surface area contributed by atoms with Crippen molar-refractivity contribution < 1.29 is 26.4 Å². The van der Waals surface area contributed by atoms with Crippen LogP contribution in [-0.4, -0.2) is 34.7 Å². The fourth-order valence-electron chi connectivity index (χ4n) is 4.06. The molecule has 5 rings (SSSR count). The summed E-state index contributed by atoms with van der Waals surface area (Å²) in [5, 5.41) is 6.30. The molecule has 15 heteroatoms. The Morgan fingerprint density at radius 3 is 2.49 bits per heavy atom. The molecule has 2 N–H and O–H groups in total. The minimum atomic E-state index is -4.77. The highest BCUT2D eigenvalue weighted by atomic mass is 32.2. The van der Waals surface area contributed by atoms with Crippen molar-refractivity contribution in [1.29, 1.82) is 0 Å². The van der Waals surface area contributed by atoms with Gasteiger partial charge >= 0.3 is 11.9 Å². The van der Waals surface area contributed by atoms with Gasteiger partial charge in [-0.05, 0) is 40.6 Å². The number of hydrogen-bond acceptors (Lipinski definition) is 7. The maximum Gasteiger partial charge on any atom is 0.416 e. The molecule has 5 aromatic rings. The van der Waals surface area contributed by atoms with E-state index in [2.05, 4.69) is 4.98 Å². The molecule has 0 spiro atoms. The minimum absolute atomic E-state index is 0.0504. The summed E-state index contributed by atoms with van der Waals surface area (Å²) in [6.07, 6.45) is -4.04. The van der Waals surface area contributed by atoms with E-state index >= 15 is 0 Å². The molecule has 0 aliphatic carbocycles. The number of nitrogens with zero attached hydrogens (tertiary/aromatic N) is 2. The number of rotatable bonds is 5. The summed E-state index contributed by atoms with van der Waals surface area (Å²) in [6, 6.07) is 4.38. The summed E-state index contributed by atoms with van der Waals surface area (Å²) in [5.41, 5.74) is -2.91. The van der Waals surface area contributed by atoms with E-state index in [1.807, 2.05) is 4.72 Å². The zero-order chi connectivity index (χ0) is 26.7. The first kappa shape index (κ1) is 25.0. The van der Waals surface area contributed by atoms with Crippen LogP contribution in [0, 0.1) is 0 Å². The standard InChI is InChI=1S/C22H15F3N4O5S3/c1-37(33,34)27-19(30)18-17(29-20(31)14-9-36-10-15(14)26-21(29)32)13-6-12(22(23,24)25)2-3-16(13)28(18)7-11-4-5-35-8-11/h2-6,8-10H,7H2,1H3,(H,26,32)(H,27,30). The number of nitrogens with one attached hydrogen (secondary N) is 2. The number of amides is 1. The summed E-state index contributed by atoms with van der Waals surface area (Å²) >= 11 is 2.46. The molecule has 0 atom stereocenters. The first-order valence-electron chi connectivity index (χ1n) is 10.3. The number of sulfonamides is 1. The predicted octanol–water partition coefficient (Wildman–Crippen LogP) is 3.51. The van der Waals surface area contributed by atoms with Crippen LogP contribution in [0.5, 0.6) is 0 Å². The van der Waals surface area contributed by atoms with E-state index in [-0.39, 0.29) is 28.4 Å². The summed E-state index contributed by atoms with van der Waals surface area (Å²) in [5.74, 6) is -1.21. The van der Waals surface area contributed by atoms with Crippen LogP contribution in [0.25, 0.3) is 27.5 Å². The van der Waals surface area contributed by atoms with Gasteiger partial charge in [-0.3, -0.25) is 9.59 Å². The molecule has 9 nitrogen and oxygen atoms in total. The van der Waals surface area contributed by atoms with Gasteiger partial charge in [0.05, 0.1) is 33.9 Å². The highest BCUT2D eigenvalue weighted by molar-refractivity contribution is 7.89. The average Bonchev–Trinajstić information content (AvgIpc) is 3.52. The van der Waals surface area contributed by atoms with Crippen LogP contribution in [0.1, 0.15) is 21.6 Å². The smallest absolute Gasteiger partial charge is 0.330 e. The lowest BCUT2D eigenvalue weighted by Crippen LogP contribution is -2.37. The third-order valence-corrected chi connectivity index (χ3v) is 7.57. The number of hydrogen-bond donors (Lipinski definition) is 2. The Kier molecular flexibility index (Phi) is 5.88. The Balaban J connectivity index is 1.96. The van der Waals surface area contributed by atoms with Crippen molar-refractivity contribution in [3.05, 3.63) is 83.4 Å². The lowest BCUT2D eigenvalue weighted by molar-refractivity contribution is -0.137. The van der Waals surface area contributed by atoms with Crippen LogP contribution in [-0.2, 0) is 22.7 Å². The van der Waals surface area contributed by atoms with Gasteiger partial charge in [0, 0.05) is 22.7 Å². The number of carbonyl (C=O) groups is 1.